The highest BCUT2D eigenvalue weighted by molar-refractivity contribution is 6.01. The van der Waals surface area contributed by atoms with E-state index < -0.39 is 36.2 Å². The highest BCUT2D eigenvalue weighted by Gasteiger charge is 2.36. The highest BCUT2D eigenvalue weighted by Crippen LogP contribution is 2.33. The first kappa shape index (κ1) is 22.7. The number of hydrogen-bond acceptors (Lipinski definition) is 6. The van der Waals surface area contributed by atoms with Crippen molar-refractivity contribution in [1.82, 2.24) is 9.78 Å². The summed E-state index contributed by atoms with van der Waals surface area (Å²) in [7, 11) is 0. The summed E-state index contributed by atoms with van der Waals surface area (Å²) in [6.45, 7) is 1.09. The van der Waals surface area contributed by atoms with E-state index in [2.05, 4.69) is 10.4 Å². The normalized spacial score (nSPS) is 11.1. The molecule has 0 aliphatic carbocycles. The molecule has 1 amide bonds. The quantitative estimate of drug-likeness (QED) is 0.532. The second kappa shape index (κ2) is 9.41. The Labute approximate surface area is 180 Å². The fourth-order valence-corrected chi connectivity index (χ4v) is 2.73. The number of aromatic nitrogens is 2. The Hall–Kier alpha value is -4.02. The van der Waals surface area contributed by atoms with Crippen molar-refractivity contribution in [3.63, 3.8) is 0 Å². The Bertz CT molecular complexity index is 1130. The molecule has 0 atom stereocenters. The van der Waals surface area contributed by atoms with E-state index in [9.17, 15) is 27.9 Å². The van der Waals surface area contributed by atoms with Gasteiger partial charge in [-0.3, -0.25) is 4.79 Å². The molecular formula is C21H18F3N3O5. The average Bonchev–Trinajstić information content (AvgIpc) is 3.18. The minimum atomic E-state index is -4.77. The van der Waals surface area contributed by atoms with E-state index in [0.29, 0.717) is 6.07 Å². The van der Waals surface area contributed by atoms with Crippen LogP contribution in [-0.2, 0) is 15.7 Å². The SMILES string of the molecule is CCOC(=O)c1ccccc1NC(=O)COc1cc(C(F)(F)F)nn1-c1ccccc1O. The zero-order chi connectivity index (χ0) is 23.3. The molecule has 1 aromatic heterocycles. The largest absolute Gasteiger partial charge is 0.506 e. The summed E-state index contributed by atoms with van der Waals surface area (Å²) in [6, 6.07) is 12.3. The lowest BCUT2D eigenvalue weighted by molar-refractivity contribution is -0.141. The maximum atomic E-state index is 13.1. The number of carbonyl (C=O) groups is 2. The Morgan fingerprint density at radius 1 is 1.12 bits per heavy atom. The van der Waals surface area contributed by atoms with E-state index in [-0.39, 0.29) is 29.3 Å². The molecule has 8 nitrogen and oxygen atoms in total. The van der Waals surface area contributed by atoms with Crippen LogP contribution in [-0.4, -0.2) is 40.0 Å². The molecular weight excluding hydrogens is 431 g/mol. The molecule has 0 spiro atoms. The average molecular weight is 449 g/mol. The highest BCUT2D eigenvalue weighted by atomic mass is 19.4. The number of amides is 1. The van der Waals surface area contributed by atoms with Gasteiger partial charge >= 0.3 is 12.1 Å². The molecule has 0 fully saturated rings. The van der Waals surface area contributed by atoms with E-state index in [1.54, 1.807) is 19.1 Å². The number of alkyl halides is 3. The van der Waals surface area contributed by atoms with Crippen molar-refractivity contribution in [2.75, 3.05) is 18.5 Å². The van der Waals surface area contributed by atoms with Crippen molar-refractivity contribution in [3.05, 3.63) is 65.9 Å². The van der Waals surface area contributed by atoms with Gasteiger partial charge in [0.2, 0.25) is 5.88 Å². The van der Waals surface area contributed by atoms with E-state index in [1.807, 2.05) is 0 Å². The molecule has 0 saturated carbocycles. The van der Waals surface area contributed by atoms with Crippen molar-refractivity contribution < 1.29 is 37.3 Å². The molecule has 0 aliphatic rings. The van der Waals surface area contributed by atoms with Crippen LogP contribution in [0.2, 0.25) is 0 Å². The lowest BCUT2D eigenvalue weighted by Crippen LogP contribution is -2.22. The van der Waals surface area contributed by atoms with Gasteiger partial charge in [-0.1, -0.05) is 24.3 Å². The summed E-state index contributed by atoms with van der Waals surface area (Å²) in [5.41, 5.74) is -1.05. The van der Waals surface area contributed by atoms with Crippen molar-refractivity contribution >= 4 is 17.6 Å². The molecule has 0 bridgehead atoms. The van der Waals surface area contributed by atoms with Crippen molar-refractivity contribution in [2.24, 2.45) is 0 Å². The standard InChI is InChI=1S/C21H18F3N3O5/c1-2-31-20(30)13-7-3-4-8-14(13)25-18(29)12-32-19-11-17(21(22,23)24)26-27(19)15-9-5-6-10-16(15)28/h3-11,28H,2,12H2,1H3,(H,25,29). The first-order valence-electron chi connectivity index (χ1n) is 9.35. The van der Waals surface area contributed by atoms with Gasteiger partial charge in [-0.2, -0.15) is 23.0 Å². The number of para-hydroxylation sites is 3. The third-order valence-electron chi connectivity index (χ3n) is 4.12. The summed E-state index contributed by atoms with van der Waals surface area (Å²) in [5, 5.41) is 15.9. The zero-order valence-electron chi connectivity index (χ0n) is 16.7. The van der Waals surface area contributed by atoms with Crippen LogP contribution in [0.1, 0.15) is 23.0 Å². The van der Waals surface area contributed by atoms with Crippen molar-refractivity contribution in [2.45, 2.75) is 13.1 Å². The summed E-state index contributed by atoms with van der Waals surface area (Å²) >= 11 is 0. The minimum Gasteiger partial charge on any atom is -0.506 e. The molecule has 1 heterocycles. The molecule has 168 valence electrons. The topological polar surface area (TPSA) is 103 Å². The van der Waals surface area contributed by atoms with Crippen LogP contribution in [0.25, 0.3) is 5.69 Å². The predicted molar refractivity (Wildman–Crippen MR) is 107 cm³/mol. The maximum Gasteiger partial charge on any atom is 0.435 e. The Balaban J connectivity index is 1.80. The molecule has 0 aliphatic heterocycles. The number of nitrogens with one attached hydrogen (secondary N) is 1. The molecule has 3 rings (SSSR count). The van der Waals surface area contributed by atoms with Crippen LogP contribution in [0, 0.1) is 0 Å². The smallest absolute Gasteiger partial charge is 0.435 e. The summed E-state index contributed by atoms with van der Waals surface area (Å²) < 4.78 is 50.4. The number of nitrogens with zero attached hydrogens (tertiary/aromatic N) is 2. The van der Waals surface area contributed by atoms with E-state index >= 15 is 0 Å². The van der Waals surface area contributed by atoms with Crippen LogP contribution < -0.4 is 10.1 Å². The first-order chi connectivity index (χ1) is 15.2. The maximum absolute atomic E-state index is 13.1. The van der Waals surface area contributed by atoms with Gasteiger partial charge in [0, 0.05) is 6.07 Å². The summed E-state index contributed by atoms with van der Waals surface area (Å²) in [6.07, 6.45) is -4.77. The van der Waals surface area contributed by atoms with Gasteiger partial charge in [0.05, 0.1) is 17.9 Å². The molecule has 3 aromatic rings. The number of aromatic hydroxyl groups is 1. The number of phenolic OH excluding ortho intramolecular Hbond substituents is 1. The van der Waals surface area contributed by atoms with Crippen LogP contribution >= 0.6 is 0 Å². The second-order valence-corrected chi connectivity index (χ2v) is 6.37. The number of rotatable bonds is 7. The van der Waals surface area contributed by atoms with Gasteiger partial charge < -0.3 is 19.9 Å². The third kappa shape index (κ3) is 5.17. The molecule has 2 aromatic carbocycles. The lowest BCUT2D eigenvalue weighted by Gasteiger charge is -2.12. The summed E-state index contributed by atoms with van der Waals surface area (Å²) in [5.74, 6) is -2.12. The fraction of sp³-hybridized carbons (Fsp3) is 0.190. The molecule has 2 N–H and O–H groups in total. The Kier molecular flexibility index (Phi) is 6.67. The first-order valence-corrected chi connectivity index (χ1v) is 9.35. The number of halogens is 3. The molecule has 32 heavy (non-hydrogen) atoms. The third-order valence-corrected chi connectivity index (χ3v) is 4.12. The van der Waals surface area contributed by atoms with E-state index in [1.165, 1.54) is 36.4 Å². The number of benzene rings is 2. The van der Waals surface area contributed by atoms with Gasteiger partial charge in [-0.15, -0.1) is 0 Å². The van der Waals surface area contributed by atoms with E-state index in [4.69, 9.17) is 9.47 Å². The second-order valence-electron chi connectivity index (χ2n) is 6.37. The molecule has 0 saturated heterocycles. The number of hydrogen-bond donors (Lipinski definition) is 2. The van der Waals surface area contributed by atoms with Crippen LogP contribution in [0.15, 0.2) is 54.6 Å². The number of anilines is 1. The zero-order valence-corrected chi connectivity index (χ0v) is 16.7. The van der Waals surface area contributed by atoms with Crippen LogP contribution in [0.5, 0.6) is 11.6 Å². The molecule has 11 heteroatoms. The van der Waals surface area contributed by atoms with Crippen LogP contribution in [0.3, 0.4) is 0 Å². The predicted octanol–water partition coefficient (Wildman–Crippen LogP) is 3.79. The van der Waals surface area contributed by atoms with Gasteiger partial charge in [-0.25, -0.2) is 4.79 Å². The van der Waals surface area contributed by atoms with Crippen molar-refractivity contribution in [1.29, 1.82) is 0 Å². The lowest BCUT2D eigenvalue weighted by atomic mass is 10.2. The number of phenols is 1. The number of carbonyl (C=O) groups excluding carboxylic acids is 2. The van der Waals surface area contributed by atoms with Crippen LogP contribution in [0.4, 0.5) is 18.9 Å². The van der Waals surface area contributed by atoms with Gasteiger partial charge in [-0.05, 0) is 31.2 Å². The fourth-order valence-electron chi connectivity index (χ4n) is 2.73. The van der Waals surface area contributed by atoms with Crippen molar-refractivity contribution in [3.8, 4) is 17.3 Å². The summed E-state index contributed by atoms with van der Waals surface area (Å²) in [4.78, 5) is 24.4. The molecule has 0 radical (unpaired) electrons. The Morgan fingerprint density at radius 2 is 1.81 bits per heavy atom. The minimum absolute atomic E-state index is 0.0638. The Morgan fingerprint density at radius 3 is 2.50 bits per heavy atom. The number of esters is 1. The van der Waals surface area contributed by atoms with Gasteiger partial charge in [0.25, 0.3) is 5.91 Å². The van der Waals surface area contributed by atoms with Gasteiger partial charge in [0.15, 0.2) is 12.3 Å². The number of ether oxygens (including phenoxy) is 2. The van der Waals surface area contributed by atoms with Gasteiger partial charge in [0.1, 0.15) is 11.4 Å². The van der Waals surface area contributed by atoms with E-state index in [0.717, 1.165) is 4.68 Å². The molecule has 0 unspecified atom stereocenters. The monoisotopic (exact) mass is 449 g/mol.